The van der Waals surface area contributed by atoms with Gasteiger partial charge in [0.2, 0.25) is 0 Å². The standard InChI is InChI=1S/C6H9BrN2/c1-2-3-9-5-6(7)4-8-9/h4-5H,2-3H2,1H3. The Morgan fingerprint density at radius 1 is 1.78 bits per heavy atom. The van der Waals surface area contributed by atoms with Gasteiger partial charge < -0.3 is 0 Å². The van der Waals surface area contributed by atoms with Gasteiger partial charge in [0, 0.05) is 12.7 Å². The van der Waals surface area contributed by atoms with Crippen LogP contribution in [0.3, 0.4) is 0 Å². The van der Waals surface area contributed by atoms with Crippen LogP contribution < -0.4 is 0 Å². The van der Waals surface area contributed by atoms with Crippen LogP contribution in [0.1, 0.15) is 13.3 Å². The second-order valence-corrected chi connectivity index (χ2v) is 2.84. The Balaban J connectivity index is 2.61. The molecule has 1 rings (SSSR count). The largest absolute Gasteiger partial charge is 0.272 e. The normalized spacial score (nSPS) is 10.0. The van der Waals surface area contributed by atoms with Gasteiger partial charge in [0.05, 0.1) is 10.7 Å². The number of nitrogens with zero attached hydrogens (tertiary/aromatic N) is 2. The van der Waals surface area contributed by atoms with Crippen molar-refractivity contribution in [3.05, 3.63) is 16.9 Å². The fourth-order valence-electron chi connectivity index (χ4n) is 0.690. The lowest BCUT2D eigenvalue weighted by Gasteiger charge is -1.93. The highest BCUT2D eigenvalue weighted by Gasteiger charge is 1.90. The van der Waals surface area contributed by atoms with E-state index in [2.05, 4.69) is 28.0 Å². The van der Waals surface area contributed by atoms with Gasteiger partial charge in [-0.1, -0.05) is 6.92 Å². The Morgan fingerprint density at radius 2 is 2.56 bits per heavy atom. The number of rotatable bonds is 2. The highest BCUT2D eigenvalue weighted by molar-refractivity contribution is 9.10. The summed E-state index contributed by atoms with van der Waals surface area (Å²) in [7, 11) is 0. The van der Waals surface area contributed by atoms with Crippen molar-refractivity contribution in [3.8, 4) is 0 Å². The molecule has 3 heteroatoms. The number of aryl methyl sites for hydroxylation is 1. The maximum Gasteiger partial charge on any atom is 0.0632 e. The van der Waals surface area contributed by atoms with E-state index in [0.29, 0.717) is 0 Å². The Hall–Kier alpha value is -0.310. The van der Waals surface area contributed by atoms with Gasteiger partial charge in [-0.25, -0.2) is 0 Å². The molecular weight excluding hydrogens is 180 g/mol. The van der Waals surface area contributed by atoms with Crippen LogP contribution in [0.5, 0.6) is 0 Å². The molecule has 0 aliphatic carbocycles. The van der Waals surface area contributed by atoms with E-state index in [-0.39, 0.29) is 0 Å². The predicted octanol–water partition coefficient (Wildman–Crippen LogP) is 2.06. The van der Waals surface area contributed by atoms with Crippen molar-refractivity contribution < 1.29 is 0 Å². The zero-order valence-electron chi connectivity index (χ0n) is 5.34. The fourth-order valence-corrected chi connectivity index (χ4v) is 1.02. The molecule has 1 heterocycles. The number of aromatic nitrogens is 2. The first kappa shape index (κ1) is 6.81. The molecule has 0 fully saturated rings. The smallest absolute Gasteiger partial charge is 0.0632 e. The second-order valence-electron chi connectivity index (χ2n) is 1.92. The van der Waals surface area contributed by atoms with Crippen LogP contribution in [0.15, 0.2) is 16.9 Å². The molecule has 0 aliphatic heterocycles. The van der Waals surface area contributed by atoms with Gasteiger partial charge in [-0.15, -0.1) is 0 Å². The summed E-state index contributed by atoms with van der Waals surface area (Å²) in [5, 5.41) is 4.08. The van der Waals surface area contributed by atoms with Crippen LogP contribution in [-0.4, -0.2) is 9.78 Å². The average Bonchev–Trinajstić information content (AvgIpc) is 2.17. The number of hydrogen-bond donors (Lipinski definition) is 0. The van der Waals surface area contributed by atoms with Crippen LogP contribution in [-0.2, 0) is 6.54 Å². The van der Waals surface area contributed by atoms with Gasteiger partial charge in [0.15, 0.2) is 0 Å². The van der Waals surface area contributed by atoms with Gasteiger partial charge in [0.25, 0.3) is 0 Å². The van der Waals surface area contributed by atoms with Gasteiger partial charge in [0.1, 0.15) is 0 Å². The summed E-state index contributed by atoms with van der Waals surface area (Å²) in [4.78, 5) is 0. The molecule has 0 aromatic carbocycles. The van der Waals surface area contributed by atoms with Crippen LogP contribution in [0.4, 0.5) is 0 Å². The molecule has 1 aromatic heterocycles. The van der Waals surface area contributed by atoms with Crippen LogP contribution >= 0.6 is 15.9 Å². The first-order valence-corrected chi connectivity index (χ1v) is 3.80. The summed E-state index contributed by atoms with van der Waals surface area (Å²) in [5.74, 6) is 0. The molecule has 0 spiro atoms. The maximum absolute atomic E-state index is 4.08. The third-order valence-corrected chi connectivity index (χ3v) is 1.46. The van der Waals surface area contributed by atoms with Crippen molar-refractivity contribution in [2.24, 2.45) is 0 Å². The van der Waals surface area contributed by atoms with E-state index in [1.165, 1.54) is 0 Å². The van der Waals surface area contributed by atoms with Crippen LogP contribution in [0.25, 0.3) is 0 Å². The maximum atomic E-state index is 4.08. The zero-order valence-corrected chi connectivity index (χ0v) is 6.93. The summed E-state index contributed by atoms with van der Waals surface area (Å²) in [6.45, 7) is 3.14. The second kappa shape index (κ2) is 3.01. The van der Waals surface area contributed by atoms with Crippen molar-refractivity contribution in [2.45, 2.75) is 19.9 Å². The van der Waals surface area contributed by atoms with E-state index in [1.54, 1.807) is 6.20 Å². The first-order valence-electron chi connectivity index (χ1n) is 3.01. The summed E-state index contributed by atoms with van der Waals surface area (Å²) in [6.07, 6.45) is 4.91. The van der Waals surface area contributed by atoms with Crippen molar-refractivity contribution in [2.75, 3.05) is 0 Å². The summed E-state index contributed by atoms with van der Waals surface area (Å²) in [5.41, 5.74) is 0. The van der Waals surface area contributed by atoms with E-state index >= 15 is 0 Å². The Bertz CT molecular complexity index is 183. The molecule has 0 unspecified atom stereocenters. The molecule has 9 heavy (non-hydrogen) atoms. The SMILES string of the molecule is CCCn1cc(Br)cn1. The van der Waals surface area contributed by atoms with Gasteiger partial charge in [-0.2, -0.15) is 5.10 Å². The lowest BCUT2D eigenvalue weighted by atomic mass is 10.5. The topological polar surface area (TPSA) is 17.8 Å². The van der Waals surface area contributed by atoms with Crippen molar-refractivity contribution in [1.29, 1.82) is 0 Å². The average molecular weight is 189 g/mol. The minimum Gasteiger partial charge on any atom is -0.272 e. The van der Waals surface area contributed by atoms with E-state index in [9.17, 15) is 0 Å². The van der Waals surface area contributed by atoms with Crippen LogP contribution in [0.2, 0.25) is 0 Å². The molecule has 0 N–H and O–H groups in total. The molecule has 2 nitrogen and oxygen atoms in total. The third-order valence-electron chi connectivity index (χ3n) is 1.05. The van der Waals surface area contributed by atoms with Gasteiger partial charge >= 0.3 is 0 Å². The molecule has 50 valence electrons. The lowest BCUT2D eigenvalue weighted by molar-refractivity contribution is 0.602. The molecule has 1 aromatic rings. The van der Waals surface area contributed by atoms with Crippen molar-refractivity contribution >= 4 is 15.9 Å². The number of hydrogen-bond acceptors (Lipinski definition) is 1. The van der Waals surface area contributed by atoms with Gasteiger partial charge in [-0.3, -0.25) is 4.68 Å². The summed E-state index contributed by atoms with van der Waals surface area (Å²) >= 11 is 3.32. The van der Waals surface area contributed by atoms with Gasteiger partial charge in [-0.05, 0) is 22.4 Å². The highest BCUT2D eigenvalue weighted by atomic mass is 79.9. The number of halogens is 1. The minimum atomic E-state index is 1.01. The van der Waals surface area contributed by atoms with E-state index < -0.39 is 0 Å². The van der Waals surface area contributed by atoms with E-state index in [4.69, 9.17) is 0 Å². The molecular formula is C6H9BrN2. The van der Waals surface area contributed by atoms with Crippen LogP contribution in [0, 0.1) is 0 Å². The minimum absolute atomic E-state index is 1.01. The lowest BCUT2D eigenvalue weighted by Crippen LogP contribution is -1.95. The predicted molar refractivity (Wildman–Crippen MR) is 40.2 cm³/mol. The molecule has 0 bridgehead atoms. The van der Waals surface area contributed by atoms with E-state index in [1.807, 2.05) is 10.9 Å². The summed E-state index contributed by atoms with van der Waals surface area (Å²) < 4.78 is 2.97. The Labute approximate surface area is 63.0 Å². The quantitative estimate of drug-likeness (QED) is 0.696. The molecule has 0 saturated heterocycles. The Kier molecular flexibility index (Phi) is 2.28. The van der Waals surface area contributed by atoms with E-state index in [0.717, 1.165) is 17.4 Å². The molecule has 0 amide bonds. The van der Waals surface area contributed by atoms with Crippen molar-refractivity contribution in [3.63, 3.8) is 0 Å². The molecule has 0 radical (unpaired) electrons. The monoisotopic (exact) mass is 188 g/mol. The molecule has 0 atom stereocenters. The van der Waals surface area contributed by atoms with Crippen molar-refractivity contribution in [1.82, 2.24) is 9.78 Å². The summed E-state index contributed by atoms with van der Waals surface area (Å²) in [6, 6.07) is 0. The highest BCUT2D eigenvalue weighted by Crippen LogP contribution is 2.05. The Morgan fingerprint density at radius 3 is 3.00 bits per heavy atom. The third kappa shape index (κ3) is 1.82. The zero-order chi connectivity index (χ0) is 6.69. The molecule has 0 aliphatic rings. The molecule has 0 saturated carbocycles. The fraction of sp³-hybridized carbons (Fsp3) is 0.500. The first-order chi connectivity index (χ1) is 4.33.